The number of aromatic nitrogens is 4. The van der Waals surface area contributed by atoms with Gasteiger partial charge in [-0.05, 0) is 50.5 Å². The molecule has 0 saturated heterocycles. The fraction of sp³-hybridized carbons (Fsp3) is 0.385. The fourth-order valence-electron chi connectivity index (χ4n) is 4.31. The third-order valence-corrected chi connectivity index (χ3v) is 7.80. The lowest BCUT2D eigenvalue weighted by Gasteiger charge is -2.19. The molecule has 0 bridgehead atoms. The summed E-state index contributed by atoms with van der Waals surface area (Å²) in [5.74, 6) is 1.14. The number of para-hydroxylation sites is 1. The molecule has 8 nitrogen and oxygen atoms in total. The summed E-state index contributed by atoms with van der Waals surface area (Å²) in [6.07, 6.45) is 3.76. The van der Waals surface area contributed by atoms with Crippen LogP contribution < -0.4 is 4.72 Å². The monoisotopic (exact) mass is 494 g/mol. The van der Waals surface area contributed by atoms with Crippen LogP contribution in [0.4, 0.5) is 0 Å². The zero-order valence-corrected chi connectivity index (χ0v) is 21.2. The van der Waals surface area contributed by atoms with E-state index in [-0.39, 0.29) is 5.75 Å². The van der Waals surface area contributed by atoms with E-state index < -0.39 is 16.1 Å². The normalized spacial score (nSPS) is 13.0. The van der Waals surface area contributed by atoms with Gasteiger partial charge in [-0.3, -0.25) is 5.10 Å². The molecule has 35 heavy (non-hydrogen) atoms. The number of hydrogen-bond donors (Lipinski definition) is 3. The highest BCUT2D eigenvalue weighted by Crippen LogP contribution is 2.27. The number of rotatable bonds is 13. The molecule has 9 heteroatoms. The van der Waals surface area contributed by atoms with Gasteiger partial charge in [0, 0.05) is 22.7 Å². The van der Waals surface area contributed by atoms with Crippen LogP contribution in [-0.4, -0.2) is 58.9 Å². The molecular formula is C26H34N6O2S. The SMILES string of the molecule is CCN(CC)CCCS(=O)(=O)N[C@H](CCc1ccccc1)c1nc(-c2c[nH]c3ccccc23)n[nH]1. The van der Waals surface area contributed by atoms with Gasteiger partial charge in [-0.2, -0.15) is 5.10 Å². The van der Waals surface area contributed by atoms with Gasteiger partial charge in [-0.1, -0.05) is 62.4 Å². The van der Waals surface area contributed by atoms with Gasteiger partial charge in [0.25, 0.3) is 0 Å². The molecular weight excluding hydrogens is 460 g/mol. The summed E-state index contributed by atoms with van der Waals surface area (Å²) < 4.78 is 28.9. The maximum atomic E-state index is 13.0. The summed E-state index contributed by atoms with van der Waals surface area (Å²) in [4.78, 5) is 10.2. The van der Waals surface area contributed by atoms with Crippen molar-refractivity contribution in [3.63, 3.8) is 0 Å². The zero-order chi connectivity index (χ0) is 24.7. The number of fused-ring (bicyclic) bond motifs is 1. The van der Waals surface area contributed by atoms with E-state index in [9.17, 15) is 8.42 Å². The molecule has 0 aliphatic heterocycles. The van der Waals surface area contributed by atoms with Gasteiger partial charge in [-0.15, -0.1) is 0 Å². The van der Waals surface area contributed by atoms with E-state index in [1.807, 2.05) is 60.8 Å². The van der Waals surface area contributed by atoms with Gasteiger partial charge in [0.1, 0.15) is 5.82 Å². The van der Waals surface area contributed by atoms with Gasteiger partial charge in [-0.25, -0.2) is 18.1 Å². The van der Waals surface area contributed by atoms with Crippen molar-refractivity contribution in [1.82, 2.24) is 29.8 Å². The molecule has 2 heterocycles. The number of aromatic amines is 2. The van der Waals surface area contributed by atoms with E-state index in [2.05, 4.69) is 38.7 Å². The first-order valence-corrected chi connectivity index (χ1v) is 13.9. The number of hydrogen-bond acceptors (Lipinski definition) is 5. The molecule has 2 aromatic heterocycles. The number of aryl methyl sites for hydroxylation is 1. The smallest absolute Gasteiger partial charge is 0.212 e. The van der Waals surface area contributed by atoms with Crippen molar-refractivity contribution in [2.24, 2.45) is 0 Å². The standard InChI is InChI=1S/C26H34N6O2S/c1-3-32(4-2)17-10-18-35(33,34)31-24(16-15-20-11-6-5-7-12-20)26-28-25(29-30-26)22-19-27-23-14-9-8-13-21(22)23/h5-9,11-14,19,24,27,31H,3-4,10,15-18H2,1-2H3,(H,28,29,30)/t24-/m1/s1. The minimum atomic E-state index is -3.50. The predicted molar refractivity (Wildman–Crippen MR) is 141 cm³/mol. The van der Waals surface area contributed by atoms with Crippen LogP contribution in [0.5, 0.6) is 0 Å². The highest BCUT2D eigenvalue weighted by atomic mass is 32.2. The topological polar surface area (TPSA) is 107 Å². The molecule has 1 atom stereocenters. The van der Waals surface area contributed by atoms with Crippen LogP contribution >= 0.6 is 0 Å². The number of sulfonamides is 1. The Bertz CT molecular complexity index is 1310. The highest BCUT2D eigenvalue weighted by molar-refractivity contribution is 7.89. The molecule has 186 valence electrons. The molecule has 3 N–H and O–H groups in total. The van der Waals surface area contributed by atoms with Crippen LogP contribution in [-0.2, 0) is 16.4 Å². The van der Waals surface area contributed by atoms with Crippen molar-refractivity contribution in [2.75, 3.05) is 25.4 Å². The fourth-order valence-corrected chi connectivity index (χ4v) is 5.60. The molecule has 0 amide bonds. The largest absolute Gasteiger partial charge is 0.360 e. The molecule has 0 spiro atoms. The first-order chi connectivity index (χ1) is 17.0. The Morgan fingerprint density at radius 1 is 1.03 bits per heavy atom. The minimum Gasteiger partial charge on any atom is -0.360 e. The van der Waals surface area contributed by atoms with Gasteiger partial charge in [0.15, 0.2) is 5.82 Å². The Hall–Kier alpha value is -3.01. The Morgan fingerprint density at radius 3 is 2.54 bits per heavy atom. The van der Waals surface area contributed by atoms with E-state index in [4.69, 9.17) is 4.98 Å². The zero-order valence-electron chi connectivity index (χ0n) is 20.4. The summed E-state index contributed by atoms with van der Waals surface area (Å²) in [6, 6.07) is 17.5. The molecule has 0 aliphatic rings. The molecule has 4 rings (SSSR count). The van der Waals surface area contributed by atoms with E-state index in [0.717, 1.165) is 48.1 Å². The summed E-state index contributed by atoms with van der Waals surface area (Å²) in [7, 11) is -3.50. The van der Waals surface area contributed by atoms with Crippen LogP contribution in [0.1, 0.15) is 44.1 Å². The predicted octanol–water partition coefficient (Wildman–Crippen LogP) is 4.28. The van der Waals surface area contributed by atoms with Crippen molar-refractivity contribution in [2.45, 2.75) is 39.2 Å². The van der Waals surface area contributed by atoms with E-state index in [1.165, 1.54) is 0 Å². The quantitative estimate of drug-likeness (QED) is 0.257. The number of nitrogens with zero attached hydrogens (tertiary/aromatic N) is 3. The number of H-pyrrole nitrogens is 2. The summed E-state index contributed by atoms with van der Waals surface area (Å²) in [6.45, 7) is 6.77. The molecule has 0 radical (unpaired) electrons. The Balaban J connectivity index is 1.52. The van der Waals surface area contributed by atoms with Gasteiger partial charge < -0.3 is 9.88 Å². The van der Waals surface area contributed by atoms with E-state index in [1.54, 1.807) is 0 Å². The Labute approximate surface area is 207 Å². The van der Waals surface area contributed by atoms with Crippen molar-refractivity contribution in [1.29, 1.82) is 0 Å². The van der Waals surface area contributed by atoms with Gasteiger partial charge >= 0.3 is 0 Å². The van der Waals surface area contributed by atoms with Gasteiger partial charge in [0.05, 0.1) is 11.8 Å². The molecule has 0 saturated carbocycles. The maximum Gasteiger partial charge on any atom is 0.212 e. The third-order valence-electron chi connectivity index (χ3n) is 6.33. The molecule has 0 fully saturated rings. The van der Waals surface area contributed by atoms with Gasteiger partial charge in [0.2, 0.25) is 10.0 Å². The molecule has 2 aromatic carbocycles. The molecule has 0 unspecified atom stereocenters. The Morgan fingerprint density at radius 2 is 1.77 bits per heavy atom. The molecule has 4 aromatic rings. The van der Waals surface area contributed by atoms with Crippen LogP contribution in [0.2, 0.25) is 0 Å². The van der Waals surface area contributed by atoms with E-state index >= 15 is 0 Å². The van der Waals surface area contributed by atoms with Crippen LogP contribution in [0.25, 0.3) is 22.3 Å². The maximum absolute atomic E-state index is 13.0. The number of nitrogens with one attached hydrogen (secondary N) is 3. The first kappa shape index (κ1) is 25.1. The lowest BCUT2D eigenvalue weighted by Crippen LogP contribution is -2.33. The average Bonchev–Trinajstić information content (AvgIpc) is 3.52. The summed E-state index contributed by atoms with van der Waals surface area (Å²) in [5.41, 5.74) is 3.03. The van der Waals surface area contributed by atoms with Crippen molar-refractivity contribution in [3.05, 3.63) is 72.2 Å². The second-order valence-electron chi connectivity index (χ2n) is 8.69. The third kappa shape index (κ3) is 6.56. The average molecular weight is 495 g/mol. The van der Waals surface area contributed by atoms with Crippen molar-refractivity contribution < 1.29 is 8.42 Å². The highest BCUT2D eigenvalue weighted by Gasteiger charge is 2.23. The minimum absolute atomic E-state index is 0.0782. The summed E-state index contributed by atoms with van der Waals surface area (Å²) in [5, 5.41) is 8.45. The second kappa shape index (κ2) is 11.6. The Kier molecular flexibility index (Phi) is 8.33. The number of benzene rings is 2. The molecule has 0 aliphatic carbocycles. The lowest BCUT2D eigenvalue weighted by atomic mass is 10.1. The second-order valence-corrected chi connectivity index (χ2v) is 10.6. The lowest BCUT2D eigenvalue weighted by molar-refractivity contribution is 0.304. The van der Waals surface area contributed by atoms with Crippen molar-refractivity contribution in [3.8, 4) is 11.4 Å². The summed E-state index contributed by atoms with van der Waals surface area (Å²) >= 11 is 0. The van der Waals surface area contributed by atoms with Crippen LogP contribution in [0.3, 0.4) is 0 Å². The van der Waals surface area contributed by atoms with E-state index in [0.29, 0.717) is 24.5 Å². The first-order valence-electron chi connectivity index (χ1n) is 12.2. The van der Waals surface area contributed by atoms with Crippen molar-refractivity contribution >= 4 is 20.9 Å². The van der Waals surface area contributed by atoms with Crippen LogP contribution in [0, 0.1) is 0 Å². The van der Waals surface area contributed by atoms with Crippen LogP contribution in [0.15, 0.2) is 60.8 Å².